The van der Waals surface area contributed by atoms with Crippen molar-refractivity contribution in [1.29, 1.82) is 0 Å². The molecule has 2 atom stereocenters. The fraction of sp³-hybridized carbons (Fsp3) is 0.385. The van der Waals surface area contributed by atoms with E-state index >= 15 is 0 Å². The van der Waals surface area contributed by atoms with Gasteiger partial charge in [-0.15, -0.1) is 0 Å². The third-order valence-electron chi connectivity index (χ3n) is 3.22. The summed E-state index contributed by atoms with van der Waals surface area (Å²) >= 11 is 0. The first-order valence-corrected chi connectivity index (χ1v) is 5.95. The van der Waals surface area contributed by atoms with E-state index in [0.717, 1.165) is 17.0 Å². The maximum atomic E-state index is 13.1. The Balaban J connectivity index is 2.12. The second-order valence-electron chi connectivity index (χ2n) is 4.73. The predicted molar refractivity (Wildman–Crippen MR) is 63.8 cm³/mol. The Labute approximate surface area is 109 Å². The highest BCUT2D eigenvalue weighted by atomic mass is 19.2. The first-order chi connectivity index (χ1) is 8.90. The van der Waals surface area contributed by atoms with Gasteiger partial charge in [-0.25, -0.2) is 8.78 Å². The molecule has 1 aromatic rings. The molecule has 0 aliphatic carbocycles. The van der Waals surface area contributed by atoms with E-state index in [1.807, 2.05) is 0 Å². The van der Waals surface area contributed by atoms with Crippen LogP contribution in [-0.4, -0.2) is 23.3 Å². The summed E-state index contributed by atoms with van der Waals surface area (Å²) in [5, 5.41) is 0. The van der Waals surface area contributed by atoms with Crippen LogP contribution in [0.1, 0.15) is 24.9 Å². The van der Waals surface area contributed by atoms with Crippen LogP contribution in [0.25, 0.3) is 0 Å². The second kappa shape index (κ2) is 5.05. The lowest BCUT2D eigenvalue weighted by Gasteiger charge is -2.20. The molecule has 2 amide bonds. The molecular formula is C13H14F2N2O2. The van der Waals surface area contributed by atoms with E-state index in [0.29, 0.717) is 5.56 Å². The summed E-state index contributed by atoms with van der Waals surface area (Å²) in [5.41, 5.74) is 6.17. The zero-order valence-corrected chi connectivity index (χ0v) is 10.4. The number of hydrogen-bond donors (Lipinski definition) is 1. The van der Waals surface area contributed by atoms with Gasteiger partial charge in [0.15, 0.2) is 11.6 Å². The standard InChI is InChI=1S/C13H14F2N2O2/c1-7-4-12(18)17(13(7)19)6-11(16)8-2-3-9(14)10(15)5-8/h2-3,5,7,11H,4,6,16H2,1H3. The van der Waals surface area contributed by atoms with Gasteiger partial charge in [0.2, 0.25) is 11.8 Å². The number of imide groups is 1. The topological polar surface area (TPSA) is 63.4 Å². The van der Waals surface area contributed by atoms with Gasteiger partial charge in [0.05, 0.1) is 0 Å². The van der Waals surface area contributed by atoms with Crippen molar-refractivity contribution in [2.24, 2.45) is 11.7 Å². The number of rotatable bonds is 3. The third-order valence-corrected chi connectivity index (χ3v) is 3.22. The normalized spacial score (nSPS) is 21.1. The van der Waals surface area contributed by atoms with Crippen molar-refractivity contribution in [3.63, 3.8) is 0 Å². The van der Waals surface area contributed by atoms with Crippen LogP contribution >= 0.6 is 0 Å². The van der Waals surface area contributed by atoms with Crippen molar-refractivity contribution in [1.82, 2.24) is 4.90 Å². The van der Waals surface area contributed by atoms with Crippen molar-refractivity contribution in [3.8, 4) is 0 Å². The zero-order chi connectivity index (χ0) is 14.2. The van der Waals surface area contributed by atoms with Crippen LogP contribution in [0.5, 0.6) is 0 Å². The zero-order valence-electron chi connectivity index (χ0n) is 10.4. The smallest absolute Gasteiger partial charge is 0.232 e. The van der Waals surface area contributed by atoms with Gasteiger partial charge in [-0.3, -0.25) is 14.5 Å². The lowest BCUT2D eigenvalue weighted by Crippen LogP contribution is -2.36. The van der Waals surface area contributed by atoms with Crippen molar-refractivity contribution < 1.29 is 18.4 Å². The van der Waals surface area contributed by atoms with Crippen molar-refractivity contribution >= 4 is 11.8 Å². The van der Waals surface area contributed by atoms with Gasteiger partial charge < -0.3 is 5.73 Å². The molecule has 0 radical (unpaired) electrons. The molecule has 4 nitrogen and oxygen atoms in total. The third kappa shape index (κ3) is 2.63. The predicted octanol–water partition coefficient (Wildman–Crippen LogP) is 1.36. The molecule has 0 bridgehead atoms. The van der Waals surface area contributed by atoms with Gasteiger partial charge in [0.25, 0.3) is 0 Å². The van der Waals surface area contributed by atoms with Crippen LogP contribution in [0.2, 0.25) is 0 Å². The summed E-state index contributed by atoms with van der Waals surface area (Å²) in [6.45, 7) is 1.65. The average Bonchev–Trinajstić information content (AvgIpc) is 2.59. The summed E-state index contributed by atoms with van der Waals surface area (Å²) in [7, 11) is 0. The molecule has 19 heavy (non-hydrogen) atoms. The number of carbonyl (C=O) groups is 2. The Morgan fingerprint density at radius 2 is 2.05 bits per heavy atom. The Hall–Kier alpha value is -1.82. The van der Waals surface area contributed by atoms with Crippen LogP contribution in [-0.2, 0) is 9.59 Å². The molecule has 1 aliphatic heterocycles. The van der Waals surface area contributed by atoms with Gasteiger partial charge >= 0.3 is 0 Å². The SMILES string of the molecule is CC1CC(=O)N(CC(N)c2ccc(F)c(F)c2)C1=O. The number of halogens is 2. The van der Waals surface area contributed by atoms with Gasteiger partial charge in [0, 0.05) is 24.9 Å². The minimum Gasteiger partial charge on any atom is -0.322 e. The maximum absolute atomic E-state index is 13.1. The molecule has 102 valence electrons. The van der Waals surface area contributed by atoms with Crippen molar-refractivity contribution in [2.75, 3.05) is 6.54 Å². The number of benzene rings is 1. The highest BCUT2D eigenvalue weighted by Gasteiger charge is 2.36. The molecule has 6 heteroatoms. The molecule has 0 aromatic heterocycles. The largest absolute Gasteiger partial charge is 0.322 e. The summed E-state index contributed by atoms with van der Waals surface area (Å²) < 4.78 is 25.9. The van der Waals surface area contributed by atoms with Gasteiger partial charge in [0.1, 0.15) is 0 Å². The molecule has 1 fully saturated rings. The van der Waals surface area contributed by atoms with Crippen LogP contribution in [0.15, 0.2) is 18.2 Å². The fourth-order valence-corrected chi connectivity index (χ4v) is 2.09. The number of carbonyl (C=O) groups excluding carboxylic acids is 2. The number of nitrogens with two attached hydrogens (primary N) is 1. The van der Waals surface area contributed by atoms with Crippen molar-refractivity contribution in [2.45, 2.75) is 19.4 Å². The molecule has 1 heterocycles. The average molecular weight is 268 g/mol. The Morgan fingerprint density at radius 1 is 1.37 bits per heavy atom. The number of likely N-dealkylation sites (tertiary alicyclic amines) is 1. The van der Waals surface area contributed by atoms with Crippen molar-refractivity contribution in [3.05, 3.63) is 35.4 Å². The summed E-state index contributed by atoms with van der Waals surface area (Å²) in [4.78, 5) is 24.4. The maximum Gasteiger partial charge on any atom is 0.232 e. The molecule has 2 N–H and O–H groups in total. The molecule has 0 spiro atoms. The van der Waals surface area contributed by atoms with E-state index in [-0.39, 0.29) is 30.7 Å². The van der Waals surface area contributed by atoms with E-state index in [1.165, 1.54) is 6.07 Å². The molecular weight excluding hydrogens is 254 g/mol. The molecule has 0 saturated carbocycles. The van der Waals surface area contributed by atoms with E-state index in [1.54, 1.807) is 6.92 Å². The highest BCUT2D eigenvalue weighted by Crippen LogP contribution is 2.22. The quantitative estimate of drug-likeness (QED) is 0.842. The molecule has 1 saturated heterocycles. The number of hydrogen-bond acceptors (Lipinski definition) is 3. The van der Waals surface area contributed by atoms with Crippen LogP contribution in [0, 0.1) is 17.6 Å². The summed E-state index contributed by atoms with van der Waals surface area (Å²) in [5.74, 6) is -2.86. The fourth-order valence-electron chi connectivity index (χ4n) is 2.09. The van der Waals surface area contributed by atoms with E-state index in [4.69, 9.17) is 5.73 Å². The molecule has 2 unspecified atom stereocenters. The van der Waals surface area contributed by atoms with E-state index in [9.17, 15) is 18.4 Å². The van der Waals surface area contributed by atoms with Crippen LogP contribution in [0.4, 0.5) is 8.78 Å². The minimum absolute atomic E-state index is 0.0208. The van der Waals surface area contributed by atoms with E-state index < -0.39 is 17.7 Å². The summed E-state index contributed by atoms with van der Waals surface area (Å²) in [6, 6.07) is 2.57. The first kappa shape index (κ1) is 13.6. The number of amides is 2. The monoisotopic (exact) mass is 268 g/mol. The molecule has 1 aliphatic rings. The molecule has 1 aromatic carbocycles. The lowest BCUT2D eigenvalue weighted by atomic mass is 10.1. The summed E-state index contributed by atoms with van der Waals surface area (Å²) in [6.07, 6.45) is 0.170. The number of nitrogens with zero attached hydrogens (tertiary/aromatic N) is 1. The van der Waals surface area contributed by atoms with Gasteiger partial charge in [-0.05, 0) is 17.7 Å². The molecule has 2 rings (SSSR count). The second-order valence-corrected chi connectivity index (χ2v) is 4.73. The van der Waals surface area contributed by atoms with Crippen LogP contribution < -0.4 is 5.73 Å². The van der Waals surface area contributed by atoms with Gasteiger partial charge in [-0.2, -0.15) is 0 Å². The van der Waals surface area contributed by atoms with Gasteiger partial charge in [-0.1, -0.05) is 13.0 Å². The van der Waals surface area contributed by atoms with Crippen LogP contribution in [0.3, 0.4) is 0 Å². The Bertz CT molecular complexity index is 533. The minimum atomic E-state index is -1.000. The van der Waals surface area contributed by atoms with E-state index in [2.05, 4.69) is 0 Å². The highest BCUT2D eigenvalue weighted by molar-refractivity contribution is 6.03. The first-order valence-electron chi connectivity index (χ1n) is 5.95. The lowest BCUT2D eigenvalue weighted by molar-refractivity contribution is -0.139. The Kier molecular flexibility index (Phi) is 3.61. The Morgan fingerprint density at radius 3 is 2.58 bits per heavy atom.